The van der Waals surface area contributed by atoms with E-state index in [2.05, 4.69) is 25.5 Å². The van der Waals surface area contributed by atoms with Gasteiger partial charge < -0.3 is 15.2 Å². The third-order valence-corrected chi connectivity index (χ3v) is 11.1. The number of amides is 1. The fourth-order valence-electron chi connectivity index (χ4n) is 4.69. The minimum atomic E-state index is -5.54. The van der Waals surface area contributed by atoms with Gasteiger partial charge in [-0.2, -0.15) is 33.7 Å². The first-order valence-corrected chi connectivity index (χ1v) is 19.7. The van der Waals surface area contributed by atoms with Crippen LogP contribution in [0, 0.1) is 0 Å². The average molecular weight is 839 g/mol. The largest absolute Gasteiger partial charge is 0.505 e. The van der Waals surface area contributed by atoms with Crippen LogP contribution >= 0.6 is 23.2 Å². The summed E-state index contributed by atoms with van der Waals surface area (Å²) in [4.78, 5) is 16.3. The molecular weight excluding hydrogens is 821 g/mol. The number of aromatic hydroxyl groups is 1. The number of phenolic OH excluding ortho intramolecular Hbond substituents is 1. The van der Waals surface area contributed by atoms with Crippen molar-refractivity contribution in [3.05, 3.63) is 64.4 Å². The smallest absolute Gasteiger partial charge is 0.298 e. The monoisotopic (exact) mass is 837 g/mol. The van der Waals surface area contributed by atoms with E-state index in [0.717, 1.165) is 19.2 Å². The van der Waals surface area contributed by atoms with Crippen LogP contribution < -0.4 is 10.1 Å². The maximum Gasteiger partial charge on any atom is 0.298 e. The Hall–Kier alpha value is -4.63. The van der Waals surface area contributed by atoms with Gasteiger partial charge in [-0.05, 0) is 42.5 Å². The first kappa shape index (κ1) is 38.6. The van der Waals surface area contributed by atoms with Crippen molar-refractivity contribution in [1.82, 2.24) is 9.97 Å². The summed E-state index contributed by atoms with van der Waals surface area (Å²) in [6.07, 6.45) is 0. The van der Waals surface area contributed by atoms with Gasteiger partial charge in [-0.1, -0.05) is 23.2 Å². The van der Waals surface area contributed by atoms with Crippen LogP contribution in [0.4, 0.5) is 17.1 Å². The second kappa shape index (κ2) is 13.4. The van der Waals surface area contributed by atoms with Crippen molar-refractivity contribution in [3.8, 4) is 11.5 Å². The van der Waals surface area contributed by atoms with E-state index >= 15 is 0 Å². The molecule has 1 heterocycles. The lowest BCUT2D eigenvalue weighted by molar-refractivity contribution is 0.102. The Morgan fingerprint density at radius 2 is 1.31 bits per heavy atom. The SMILES string of the molecule is COc1cc(S(=O)(=O)O)c(N=Nc2c(S(=O)(=O)O)cc3c(S(=O)(=O)O)c(NC(=O)c4ccc5nc(Cl)c(Cl)nc5c4)ccc3c2O)cc1S(=O)(=O)O. The summed E-state index contributed by atoms with van der Waals surface area (Å²) in [5.74, 6) is -3.05. The molecule has 0 spiro atoms. The van der Waals surface area contributed by atoms with Gasteiger partial charge in [0.05, 0.1) is 23.8 Å². The van der Waals surface area contributed by atoms with Crippen molar-refractivity contribution in [1.29, 1.82) is 0 Å². The van der Waals surface area contributed by atoms with Gasteiger partial charge in [-0.3, -0.25) is 23.0 Å². The van der Waals surface area contributed by atoms with Crippen molar-refractivity contribution in [2.24, 2.45) is 10.2 Å². The Labute approximate surface area is 301 Å². The molecule has 0 radical (unpaired) electrons. The molecule has 6 N–H and O–H groups in total. The van der Waals surface area contributed by atoms with E-state index in [0.29, 0.717) is 18.2 Å². The quantitative estimate of drug-likeness (QED) is 0.0881. The molecule has 5 aromatic rings. The predicted octanol–water partition coefficient (Wildman–Crippen LogP) is 4.46. The van der Waals surface area contributed by atoms with Gasteiger partial charge in [0.1, 0.15) is 36.7 Å². The third kappa shape index (κ3) is 7.61. The van der Waals surface area contributed by atoms with E-state index in [1.165, 1.54) is 18.2 Å². The molecule has 0 aliphatic carbocycles. The minimum Gasteiger partial charge on any atom is -0.505 e. The molecule has 0 aliphatic heterocycles. The Morgan fingerprint density at radius 3 is 1.87 bits per heavy atom. The van der Waals surface area contributed by atoms with Crippen LogP contribution in [0.3, 0.4) is 0 Å². The van der Waals surface area contributed by atoms with Gasteiger partial charge >= 0.3 is 0 Å². The Bertz CT molecular complexity index is 2870. The lowest BCUT2D eigenvalue weighted by Crippen LogP contribution is -2.15. The minimum absolute atomic E-state index is 0.104. The standard InChI is InChI=1S/C26H17Cl2N5O15S4/c1-48-17-9-18(49(36,37)38)16(8-19(17)50(39,40)41)32-33-21-20(51(42,43)44)7-12-11(22(21)34)3-5-14(23(12)52(45,46)47)31-26(35)10-2-4-13-15(6-10)30-25(28)24(27)29-13/h2-9,34H,1H3,(H,31,35)(H,36,37,38)(H,39,40,41)(H,42,43,44)(H,45,46,47). The number of carbonyl (C=O) groups excluding carboxylic acids is 1. The van der Waals surface area contributed by atoms with Crippen LogP contribution in [0.1, 0.15) is 10.4 Å². The third-order valence-electron chi connectivity index (χ3n) is 6.87. The number of hydrogen-bond acceptors (Lipinski definition) is 15. The molecule has 0 atom stereocenters. The van der Waals surface area contributed by atoms with Crippen LogP contribution in [-0.2, 0) is 40.5 Å². The van der Waals surface area contributed by atoms with E-state index in [4.69, 9.17) is 27.9 Å². The summed E-state index contributed by atoms with van der Waals surface area (Å²) >= 11 is 11.7. The number of anilines is 1. The van der Waals surface area contributed by atoms with Crippen LogP contribution in [0.25, 0.3) is 21.8 Å². The van der Waals surface area contributed by atoms with Crippen LogP contribution in [0.5, 0.6) is 11.5 Å². The molecule has 0 fully saturated rings. The first-order chi connectivity index (χ1) is 23.9. The Morgan fingerprint density at radius 1 is 0.712 bits per heavy atom. The number of carbonyl (C=O) groups is 1. The van der Waals surface area contributed by atoms with E-state index in [9.17, 15) is 61.8 Å². The Balaban J connectivity index is 1.71. The maximum atomic E-state index is 13.2. The van der Waals surface area contributed by atoms with E-state index in [1.807, 2.05) is 0 Å². The number of methoxy groups -OCH3 is 1. The second-order valence-corrected chi connectivity index (χ2v) is 16.4. The zero-order valence-corrected chi connectivity index (χ0v) is 29.9. The molecule has 0 saturated heterocycles. The highest BCUT2D eigenvalue weighted by atomic mass is 35.5. The molecule has 52 heavy (non-hydrogen) atoms. The molecule has 0 bridgehead atoms. The Kier molecular flexibility index (Phi) is 9.95. The number of aromatic nitrogens is 2. The number of rotatable bonds is 9. The van der Waals surface area contributed by atoms with Crippen LogP contribution in [-0.4, -0.2) is 80.0 Å². The number of ether oxygens (including phenoxy) is 1. The van der Waals surface area contributed by atoms with Gasteiger partial charge in [0.25, 0.3) is 46.4 Å². The van der Waals surface area contributed by atoms with Crippen molar-refractivity contribution in [2.75, 3.05) is 12.4 Å². The summed E-state index contributed by atoms with van der Waals surface area (Å²) < 4.78 is 142. The summed E-state index contributed by atoms with van der Waals surface area (Å²) in [5, 5.41) is 18.4. The summed E-state index contributed by atoms with van der Waals surface area (Å²) in [6, 6.07) is 6.75. The molecule has 0 unspecified atom stereocenters. The molecule has 26 heteroatoms. The van der Waals surface area contributed by atoms with Gasteiger partial charge in [0.2, 0.25) is 0 Å². The first-order valence-electron chi connectivity index (χ1n) is 13.2. The number of nitrogens with one attached hydrogen (secondary N) is 1. The summed E-state index contributed by atoms with van der Waals surface area (Å²) in [5.41, 5.74) is -2.74. The molecule has 0 aliphatic rings. The highest BCUT2D eigenvalue weighted by Gasteiger charge is 2.30. The fraction of sp³-hybridized carbons (Fsp3) is 0.0385. The van der Waals surface area contributed by atoms with E-state index in [-0.39, 0.29) is 26.9 Å². The van der Waals surface area contributed by atoms with Crippen molar-refractivity contribution < 1.29 is 66.5 Å². The normalized spacial score (nSPS) is 12.8. The number of nitrogens with zero attached hydrogens (tertiary/aromatic N) is 4. The number of benzene rings is 4. The molecule has 0 saturated carbocycles. The van der Waals surface area contributed by atoms with Gasteiger partial charge in [0.15, 0.2) is 16.1 Å². The number of phenols is 1. The topological polar surface area (TPSA) is 327 Å². The van der Waals surface area contributed by atoms with E-state index < -0.39 is 105 Å². The predicted molar refractivity (Wildman–Crippen MR) is 180 cm³/mol. The molecule has 1 amide bonds. The van der Waals surface area contributed by atoms with Crippen molar-refractivity contribution in [3.63, 3.8) is 0 Å². The number of halogens is 2. The fourth-order valence-corrected chi connectivity index (χ4v) is 7.73. The molecule has 5 rings (SSSR count). The van der Waals surface area contributed by atoms with Crippen molar-refractivity contribution in [2.45, 2.75) is 19.6 Å². The molecule has 20 nitrogen and oxygen atoms in total. The zero-order chi connectivity index (χ0) is 38.7. The molecule has 1 aromatic heterocycles. The number of azo groups is 1. The zero-order valence-electron chi connectivity index (χ0n) is 25.1. The van der Waals surface area contributed by atoms with Gasteiger partial charge in [-0.15, -0.1) is 10.2 Å². The second-order valence-electron chi connectivity index (χ2n) is 10.1. The highest BCUT2D eigenvalue weighted by Crippen LogP contribution is 2.45. The van der Waals surface area contributed by atoms with Crippen LogP contribution in [0.2, 0.25) is 10.3 Å². The van der Waals surface area contributed by atoms with E-state index in [1.54, 1.807) is 0 Å². The summed E-state index contributed by atoms with van der Waals surface area (Å²) in [7, 11) is -20.5. The van der Waals surface area contributed by atoms with Crippen molar-refractivity contribution >= 4 is 108 Å². The van der Waals surface area contributed by atoms with Gasteiger partial charge in [0, 0.05) is 22.4 Å². The number of fused-ring (bicyclic) bond motifs is 2. The average Bonchev–Trinajstić information content (AvgIpc) is 3.02. The molecule has 4 aromatic carbocycles. The highest BCUT2D eigenvalue weighted by molar-refractivity contribution is 7.87. The van der Waals surface area contributed by atoms with Gasteiger partial charge in [-0.25, -0.2) is 9.97 Å². The lowest BCUT2D eigenvalue weighted by atomic mass is 10.1. The molecule has 274 valence electrons. The summed E-state index contributed by atoms with van der Waals surface area (Å²) in [6.45, 7) is 0. The molecular formula is C26H17Cl2N5O15S4. The maximum absolute atomic E-state index is 13.2. The number of hydrogen-bond donors (Lipinski definition) is 6. The van der Waals surface area contributed by atoms with Crippen LogP contribution in [0.15, 0.2) is 78.3 Å². The lowest BCUT2D eigenvalue weighted by Gasteiger charge is -2.15.